The van der Waals surface area contributed by atoms with E-state index < -0.39 is 18.0 Å². The number of halogens is 3. The molecule has 0 unspecified atom stereocenters. The van der Waals surface area contributed by atoms with Gasteiger partial charge in [0.2, 0.25) is 11.8 Å². The number of nitrogens with zero attached hydrogens (tertiary/aromatic N) is 2. The molecule has 2 aromatic rings. The maximum absolute atomic E-state index is 12.6. The molecule has 1 aromatic heterocycles. The molecule has 2 amide bonds. The van der Waals surface area contributed by atoms with E-state index in [1.54, 1.807) is 18.2 Å². The van der Waals surface area contributed by atoms with E-state index in [0.29, 0.717) is 18.6 Å². The van der Waals surface area contributed by atoms with E-state index in [1.165, 1.54) is 18.3 Å². The number of ether oxygens (including phenoxy) is 1. The highest BCUT2D eigenvalue weighted by Gasteiger charge is 2.42. The van der Waals surface area contributed by atoms with Crippen LogP contribution in [0.4, 0.5) is 13.2 Å². The van der Waals surface area contributed by atoms with Gasteiger partial charge in [0.15, 0.2) is 0 Å². The van der Waals surface area contributed by atoms with Crippen LogP contribution in [0.1, 0.15) is 21.5 Å². The second-order valence-electron chi connectivity index (χ2n) is 6.07. The lowest BCUT2D eigenvalue weighted by molar-refractivity contribution is -0.185. The SMILES string of the molecule is NC(=O)c1ccc(Oc2ccc3c(c2)CCN(C(=O)C(F)(F)F)CC3)nc1. The first kappa shape index (κ1) is 18.7. The summed E-state index contributed by atoms with van der Waals surface area (Å²) in [7, 11) is 0. The zero-order valence-electron chi connectivity index (χ0n) is 14.1. The third-order valence-electron chi connectivity index (χ3n) is 4.25. The highest BCUT2D eigenvalue weighted by molar-refractivity contribution is 5.92. The number of fused-ring (bicyclic) bond motifs is 1. The van der Waals surface area contributed by atoms with E-state index >= 15 is 0 Å². The van der Waals surface area contributed by atoms with Crippen LogP contribution in [0.5, 0.6) is 11.6 Å². The van der Waals surface area contributed by atoms with E-state index in [2.05, 4.69) is 4.98 Å². The molecule has 6 nitrogen and oxygen atoms in total. The molecule has 0 aliphatic carbocycles. The number of carbonyl (C=O) groups excluding carboxylic acids is 2. The van der Waals surface area contributed by atoms with Crippen molar-refractivity contribution in [3.05, 3.63) is 53.2 Å². The molecular formula is C18H16F3N3O3. The van der Waals surface area contributed by atoms with Crippen molar-refractivity contribution in [1.29, 1.82) is 0 Å². The van der Waals surface area contributed by atoms with Crippen LogP contribution in [-0.2, 0) is 17.6 Å². The largest absolute Gasteiger partial charge is 0.471 e. The van der Waals surface area contributed by atoms with Crippen molar-refractivity contribution in [3.63, 3.8) is 0 Å². The zero-order valence-corrected chi connectivity index (χ0v) is 14.1. The first-order valence-corrected chi connectivity index (χ1v) is 8.15. The minimum absolute atomic E-state index is 0.0135. The zero-order chi connectivity index (χ0) is 19.6. The Hall–Kier alpha value is -3.10. The quantitative estimate of drug-likeness (QED) is 0.888. The standard InChI is InChI=1S/C18H16F3N3O3/c19-18(20,21)17(26)24-7-5-11-1-3-14(9-12(11)6-8-24)27-15-4-2-13(10-23-15)16(22)25/h1-4,9-10H,5-8H2,(H2,22,25). The Bertz CT molecular complexity index is 866. The molecule has 0 saturated heterocycles. The first-order chi connectivity index (χ1) is 12.7. The molecule has 2 N–H and O–H groups in total. The van der Waals surface area contributed by atoms with Crippen LogP contribution in [-0.4, -0.2) is 41.0 Å². The summed E-state index contributed by atoms with van der Waals surface area (Å²) in [6, 6.07) is 8.15. The van der Waals surface area contributed by atoms with Crippen LogP contribution in [0.15, 0.2) is 36.5 Å². The van der Waals surface area contributed by atoms with Crippen LogP contribution in [0.3, 0.4) is 0 Å². The molecule has 0 saturated carbocycles. The monoisotopic (exact) mass is 379 g/mol. The Morgan fingerprint density at radius 1 is 1.07 bits per heavy atom. The maximum Gasteiger partial charge on any atom is 0.471 e. The van der Waals surface area contributed by atoms with Crippen molar-refractivity contribution in [2.45, 2.75) is 19.0 Å². The fraction of sp³-hybridized carbons (Fsp3) is 0.278. The average molecular weight is 379 g/mol. The Balaban J connectivity index is 1.72. The molecule has 9 heteroatoms. The number of pyridine rings is 1. The van der Waals surface area contributed by atoms with Gasteiger partial charge in [-0.2, -0.15) is 13.2 Å². The van der Waals surface area contributed by atoms with Gasteiger partial charge in [-0.3, -0.25) is 9.59 Å². The van der Waals surface area contributed by atoms with Crippen molar-refractivity contribution in [3.8, 4) is 11.6 Å². The number of aromatic nitrogens is 1. The number of alkyl halides is 3. The summed E-state index contributed by atoms with van der Waals surface area (Å²) >= 11 is 0. The second kappa shape index (κ2) is 7.26. The number of primary amides is 1. The van der Waals surface area contributed by atoms with Gasteiger partial charge in [0, 0.05) is 25.4 Å². The summed E-state index contributed by atoms with van der Waals surface area (Å²) in [4.78, 5) is 27.3. The summed E-state index contributed by atoms with van der Waals surface area (Å²) in [6.07, 6.45) is -2.94. The number of hydrogen-bond donors (Lipinski definition) is 1. The maximum atomic E-state index is 12.6. The molecular weight excluding hydrogens is 363 g/mol. The fourth-order valence-corrected chi connectivity index (χ4v) is 2.85. The topological polar surface area (TPSA) is 85.5 Å². The molecule has 1 aliphatic heterocycles. The van der Waals surface area contributed by atoms with Crippen LogP contribution in [0.2, 0.25) is 0 Å². The lowest BCUT2D eigenvalue weighted by atomic mass is 10.0. The third-order valence-corrected chi connectivity index (χ3v) is 4.25. The minimum atomic E-state index is -4.87. The van der Waals surface area contributed by atoms with Crippen molar-refractivity contribution in [2.75, 3.05) is 13.1 Å². The van der Waals surface area contributed by atoms with Crippen LogP contribution >= 0.6 is 0 Å². The molecule has 1 aromatic carbocycles. The van der Waals surface area contributed by atoms with Gasteiger partial charge in [0.1, 0.15) is 5.75 Å². The van der Waals surface area contributed by atoms with E-state index in [0.717, 1.165) is 16.0 Å². The van der Waals surface area contributed by atoms with Gasteiger partial charge in [-0.1, -0.05) is 6.07 Å². The molecule has 0 spiro atoms. The predicted molar refractivity (Wildman–Crippen MR) is 89.3 cm³/mol. The lowest BCUT2D eigenvalue weighted by Gasteiger charge is -2.21. The number of rotatable bonds is 3. The molecule has 0 atom stereocenters. The van der Waals surface area contributed by atoms with Gasteiger partial charge in [0.25, 0.3) is 0 Å². The van der Waals surface area contributed by atoms with Crippen molar-refractivity contribution < 1.29 is 27.5 Å². The molecule has 2 heterocycles. The number of nitrogens with two attached hydrogens (primary N) is 1. The normalized spacial score (nSPS) is 14.3. The van der Waals surface area contributed by atoms with Crippen LogP contribution in [0, 0.1) is 0 Å². The summed E-state index contributed by atoms with van der Waals surface area (Å²) in [6.45, 7) is 0.00202. The number of amides is 2. The highest BCUT2D eigenvalue weighted by Crippen LogP contribution is 2.27. The third kappa shape index (κ3) is 4.36. The van der Waals surface area contributed by atoms with E-state index in [4.69, 9.17) is 10.5 Å². The molecule has 3 rings (SSSR count). The smallest absolute Gasteiger partial charge is 0.439 e. The van der Waals surface area contributed by atoms with E-state index in [-0.39, 0.29) is 24.5 Å². The van der Waals surface area contributed by atoms with Crippen molar-refractivity contribution in [2.24, 2.45) is 5.73 Å². The summed E-state index contributed by atoms with van der Waals surface area (Å²) in [5.74, 6) is -1.70. The Morgan fingerprint density at radius 2 is 1.78 bits per heavy atom. The predicted octanol–water partition coefficient (Wildman–Crippen LogP) is 2.46. The van der Waals surface area contributed by atoms with Gasteiger partial charge in [-0.05, 0) is 42.2 Å². The van der Waals surface area contributed by atoms with Crippen LogP contribution < -0.4 is 10.5 Å². The molecule has 1 aliphatic rings. The second-order valence-corrected chi connectivity index (χ2v) is 6.07. The molecule has 27 heavy (non-hydrogen) atoms. The average Bonchev–Trinajstić information content (AvgIpc) is 2.83. The summed E-state index contributed by atoms with van der Waals surface area (Å²) in [5, 5.41) is 0. The number of carbonyl (C=O) groups is 2. The number of benzene rings is 1. The van der Waals surface area contributed by atoms with Gasteiger partial charge in [-0.25, -0.2) is 4.98 Å². The minimum Gasteiger partial charge on any atom is -0.439 e. The first-order valence-electron chi connectivity index (χ1n) is 8.15. The van der Waals surface area contributed by atoms with Crippen LogP contribution in [0.25, 0.3) is 0 Å². The Kier molecular flexibility index (Phi) is 5.02. The fourth-order valence-electron chi connectivity index (χ4n) is 2.85. The van der Waals surface area contributed by atoms with Crippen molar-refractivity contribution >= 4 is 11.8 Å². The molecule has 0 bridgehead atoms. The van der Waals surface area contributed by atoms with Gasteiger partial charge >= 0.3 is 12.1 Å². The van der Waals surface area contributed by atoms with E-state index in [1.807, 2.05) is 0 Å². The lowest BCUT2D eigenvalue weighted by Crippen LogP contribution is -2.42. The van der Waals surface area contributed by atoms with Gasteiger partial charge in [-0.15, -0.1) is 0 Å². The summed E-state index contributed by atoms with van der Waals surface area (Å²) in [5.41, 5.74) is 7.09. The Labute approximate surface area is 152 Å². The van der Waals surface area contributed by atoms with E-state index in [9.17, 15) is 22.8 Å². The van der Waals surface area contributed by atoms with Gasteiger partial charge in [0.05, 0.1) is 5.56 Å². The van der Waals surface area contributed by atoms with Crippen molar-refractivity contribution in [1.82, 2.24) is 9.88 Å². The Morgan fingerprint density at radius 3 is 2.37 bits per heavy atom. The van der Waals surface area contributed by atoms with Gasteiger partial charge < -0.3 is 15.4 Å². The molecule has 0 radical (unpaired) electrons. The molecule has 142 valence electrons. The summed E-state index contributed by atoms with van der Waals surface area (Å²) < 4.78 is 43.5. The highest BCUT2D eigenvalue weighted by atomic mass is 19.4. The molecule has 0 fully saturated rings. The number of hydrogen-bond acceptors (Lipinski definition) is 4.